The molecule has 3 rings (SSSR count). The Bertz CT molecular complexity index is 1100. The SMILES string of the molecule is C[C@H]1CN([C@@H](C)CO)C(=O)c2cc(C#CCN(C)C)cnc2O[C@@H]1CN(C)C(=O)c1cnccn1. The van der Waals surface area contributed by atoms with Crippen LogP contribution in [0, 0.1) is 17.8 Å². The highest BCUT2D eigenvalue weighted by Crippen LogP contribution is 2.27. The van der Waals surface area contributed by atoms with Crippen LogP contribution in [0.15, 0.2) is 30.9 Å². The number of carbonyl (C=O) groups is 2. The Labute approximate surface area is 205 Å². The quantitative estimate of drug-likeness (QED) is 0.604. The summed E-state index contributed by atoms with van der Waals surface area (Å²) in [6.45, 7) is 4.72. The van der Waals surface area contributed by atoms with Gasteiger partial charge in [-0.2, -0.15) is 0 Å². The van der Waals surface area contributed by atoms with Gasteiger partial charge in [0.15, 0.2) is 0 Å². The van der Waals surface area contributed by atoms with E-state index in [0.29, 0.717) is 18.7 Å². The smallest absolute Gasteiger partial charge is 0.273 e. The summed E-state index contributed by atoms with van der Waals surface area (Å²) in [6.07, 6.45) is 5.51. The summed E-state index contributed by atoms with van der Waals surface area (Å²) >= 11 is 0. The van der Waals surface area contributed by atoms with Crippen LogP contribution in [0.25, 0.3) is 0 Å². The van der Waals surface area contributed by atoms with Crippen LogP contribution in [-0.2, 0) is 0 Å². The Morgan fingerprint density at radius 3 is 2.71 bits per heavy atom. The number of aliphatic hydroxyl groups is 1. The van der Waals surface area contributed by atoms with E-state index >= 15 is 0 Å². The zero-order valence-electron chi connectivity index (χ0n) is 20.8. The van der Waals surface area contributed by atoms with Gasteiger partial charge in [0, 0.05) is 43.7 Å². The fraction of sp³-hybridized carbons (Fsp3) is 0.480. The Morgan fingerprint density at radius 1 is 1.29 bits per heavy atom. The molecule has 2 aromatic rings. The maximum atomic E-state index is 13.5. The van der Waals surface area contributed by atoms with Crippen molar-refractivity contribution in [2.75, 3.05) is 47.4 Å². The van der Waals surface area contributed by atoms with Crippen molar-refractivity contribution in [1.82, 2.24) is 29.7 Å². The Hall–Kier alpha value is -3.55. The number of rotatable bonds is 6. The van der Waals surface area contributed by atoms with Gasteiger partial charge in [0.25, 0.3) is 11.8 Å². The second kappa shape index (κ2) is 11.7. The van der Waals surface area contributed by atoms with Gasteiger partial charge >= 0.3 is 0 Å². The molecule has 0 saturated carbocycles. The van der Waals surface area contributed by atoms with Crippen LogP contribution in [0.5, 0.6) is 5.88 Å². The molecular formula is C25H32N6O4. The van der Waals surface area contributed by atoms with Crippen LogP contribution < -0.4 is 4.74 Å². The van der Waals surface area contributed by atoms with Gasteiger partial charge in [-0.15, -0.1) is 0 Å². The van der Waals surface area contributed by atoms with Gasteiger partial charge in [-0.1, -0.05) is 18.8 Å². The lowest BCUT2D eigenvalue weighted by molar-refractivity contribution is 0.0312. The number of nitrogens with zero attached hydrogens (tertiary/aromatic N) is 6. The lowest BCUT2D eigenvalue weighted by atomic mass is 10.00. The average Bonchev–Trinajstić information content (AvgIpc) is 2.85. The Balaban J connectivity index is 1.93. The fourth-order valence-electron chi connectivity index (χ4n) is 3.65. The number of carbonyl (C=O) groups excluding carboxylic acids is 2. The molecule has 0 saturated heterocycles. The molecule has 10 heteroatoms. The Morgan fingerprint density at radius 2 is 2.06 bits per heavy atom. The number of ether oxygens (including phenoxy) is 1. The molecule has 2 aromatic heterocycles. The van der Waals surface area contributed by atoms with E-state index in [0.717, 1.165) is 0 Å². The summed E-state index contributed by atoms with van der Waals surface area (Å²) in [5, 5.41) is 9.80. The van der Waals surface area contributed by atoms with E-state index < -0.39 is 12.1 Å². The topological polar surface area (TPSA) is 112 Å². The van der Waals surface area contributed by atoms with Gasteiger partial charge in [0.05, 0.1) is 31.9 Å². The first-order valence-electron chi connectivity index (χ1n) is 11.4. The predicted octanol–water partition coefficient (Wildman–Crippen LogP) is 0.777. The summed E-state index contributed by atoms with van der Waals surface area (Å²) < 4.78 is 6.23. The van der Waals surface area contributed by atoms with Crippen LogP contribution in [0.4, 0.5) is 0 Å². The number of aliphatic hydroxyl groups excluding tert-OH is 1. The lowest BCUT2D eigenvalue weighted by Gasteiger charge is -2.37. The van der Waals surface area contributed by atoms with Gasteiger partial charge in [-0.25, -0.2) is 9.97 Å². The first-order valence-corrected chi connectivity index (χ1v) is 11.4. The third-order valence-corrected chi connectivity index (χ3v) is 5.73. The molecule has 186 valence electrons. The van der Waals surface area contributed by atoms with Crippen LogP contribution in [0.1, 0.15) is 40.3 Å². The van der Waals surface area contributed by atoms with Crippen molar-refractivity contribution >= 4 is 11.8 Å². The summed E-state index contributed by atoms with van der Waals surface area (Å²) in [7, 11) is 5.52. The minimum atomic E-state index is -0.459. The van der Waals surface area contributed by atoms with Crippen LogP contribution >= 0.6 is 0 Å². The van der Waals surface area contributed by atoms with Gasteiger partial charge in [0.1, 0.15) is 17.4 Å². The van der Waals surface area contributed by atoms with Crippen molar-refractivity contribution in [3.8, 4) is 17.7 Å². The summed E-state index contributed by atoms with van der Waals surface area (Å²) in [4.78, 5) is 43.8. The number of fused-ring (bicyclic) bond motifs is 1. The van der Waals surface area contributed by atoms with E-state index in [9.17, 15) is 14.7 Å². The average molecular weight is 481 g/mol. The number of hydrogen-bond donors (Lipinski definition) is 1. The van der Waals surface area contributed by atoms with Crippen LogP contribution in [0.2, 0.25) is 0 Å². The van der Waals surface area contributed by atoms with E-state index in [-0.39, 0.29) is 48.0 Å². The van der Waals surface area contributed by atoms with E-state index in [1.54, 1.807) is 31.1 Å². The first kappa shape index (κ1) is 26.1. The van der Waals surface area contributed by atoms with Crippen molar-refractivity contribution in [2.24, 2.45) is 5.92 Å². The first-order chi connectivity index (χ1) is 16.7. The largest absolute Gasteiger partial charge is 0.472 e. The second-order valence-corrected chi connectivity index (χ2v) is 9.02. The minimum Gasteiger partial charge on any atom is -0.472 e. The maximum Gasteiger partial charge on any atom is 0.273 e. The van der Waals surface area contributed by atoms with E-state index in [1.165, 1.54) is 23.5 Å². The van der Waals surface area contributed by atoms with Gasteiger partial charge < -0.3 is 19.6 Å². The molecule has 0 bridgehead atoms. The molecule has 3 heterocycles. The van der Waals surface area contributed by atoms with E-state index in [4.69, 9.17) is 4.74 Å². The number of aromatic nitrogens is 3. The third-order valence-electron chi connectivity index (χ3n) is 5.73. The second-order valence-electron chi connectivity index (χ2n) is 9.02. The molecular weight excluding hydrogens is 448 g/mol. The van der Waals surface area contributed by atoms with Gasteiger partial charge in [-0.3, -0.25) is 19.5 Å². The van der Waals surface area contributed by atoms with Crippen LogP contribution in [0.3, 0.4) is 0 Å². The predicted molar refractivity (Wildman–Crippen MR) is 130 cm³/mol. The standard InChI is InChI=1S/C25H32N6O4/c1-17-14-31(18(2)16-32)24(33)20-11-19(7-6-10-29(3)4)12-28-23(20)35-22(17)15-30(5)25(34)21-13-26-8-9-27-21/h8-9,11-13,17-18,22,32H,10,14-16H2,1-5H3/t17-,18-,22+/m0/s1. The molecule has 1 aliphatic rings. The molecule has 35 heavy (non-hydrogen) atoms. The molecule has 1 aliphatic heterocycles. The zero-order chi connectivity index (χ0) is 25.5. The van der Waals surface area contributed by atoms with Crippen molar-refractivity contribution in [2.45, 2.75) is 26.0 Å². The lowest BCUT2D eigenvalue weighted by Crippen LogP contribution is -2.50. The number of likely N-dealkylation sites (N-methyl/N-ethyl adjacent to an activating group) is 1. The molecule has 0 aliphatic carbocycles. The Kier molecular flexibility index (Phi) is 8.73. The molecule has 10 nitrogen and oxygen atoms in total. The molecule has 0 spiro atoms. The molecule has 0 unspecified atom stereocenters. The number of pyridine rings is 1. The summed E-state index contributed by atoms with van der Waals surface area (Å²) in [5.41, 5.74) is 1.11. The van der Waals surface area contributed by atoms with E-state index in [2.05, 4.69) is 26.8 Å². The molecule has 0 fully saturated rings. The zero-order valence-corrected chi connectivity index (χ0v) is 20.8. The highest BCUT2D eigenvalue weighted by atomic mass is 16.5. The third kappa shape index (κ3) is 6.53. The van der Waals surface area contributed by atoms with Crippen molar-refractivity contribution < 1.29 is 19.4 Å². The van der Waals surface area contributed by atoms with Gasteiger partial charge in [-0.05, 0) is 27.1 Å². The van der Waals surface area contributed by atoms with Crippen molar-refractivity contribution in [3.05, 3.63) is 47.7 Å². The molecule has 3 atom stereocenters. The number of hydrogen-bond acceptors (Lipinski definition) is 8. The van der Waals surface area contributed by atoms with Crippen molar-refractivity contribution in [3.63, 3.8) is 0 Å². The summed E-state index contributed by atoms with van der Waals surface area (Å²) in [6, 6.07) is 1.27. The maximum absolute atomic E-state index is 13.5. The highest BCUT2D eigenvalue weighted by molar-refractivity contribution is 5.97. The molecule has 0 radical (unpaired) electrons. The minimum absolute atomic E-state index is 0.153. The highest BCUT2D eigenvalue weighted by Gasteiger charge is 2.34. The fourth-order valence-corrected chi connectivity index (χ4v) is 3.65. The summed E-state index contributed by atoms with van der Waals surface area (Å²) in [5.74, 6) is 5.54. The van der Waals surface area contributed by atoms with E-state index in [1.807, 2.05) is 25.9 Å². The molecule has 0 aromatic carbocycles. The van der Waals surface area contributed by atoms with Crippen molar-refractivity contribution in [1.29, 1.82) is 0 Å². The van der Waals surface area contributed by atoms with Crippen LogP contribution in [-0.4, -0.2) is 106 Å². The monoisotopic (exact) mass is 480 g/mol. The normalized spacial score (nSPS) is 18.5. The van der Waals surface area contributed by atoms with Gasteiger partial charge in [0.2, 0.25) is 5.88 Å². The number of amides is 2. The molecule has 2 amide bonds. The molecule has 1 N–H and O–H groups in total.